The van der Waals surface area contributed by atoms with Crippen LogP contribution in [0.5, 0.6) is 0 Å². The first kappa shape index (κ1) is 17.7. The molecule has 23 heavy (non-hydrogen) atoms. The summed E-state index contributed by atoms with van der Waals surface area (Å²) in [5.41, 5.74) is 1.00. The van der Waals surface area contributed by atoms with Gasteiger partial charge in [0.2, 0.25) is 0 Å². The number of hydrogen-bond acceptors (Lipinski definition) is 3. The molecule has 1 N–H and O–H groups in total. The van der Waals surface area contributed by atoms with Crippen LogP contribution in [-0.2, 0) is 6.54 Å². The summed E-state index contributed by atoms with van der Waals surface area (Å²) in [6.07, 6.45) is 3.39. The molecule has 0 saturated heterocycles. The van der Waals surface area contributed by atoms with Crippen molar-refractivity contribution in [3.63, 3.8) is 0 Å². The number of amides is 2. The van der Waals surface area contributed by atoms with E-state index >= 15 is 0 Å². The quantitative estimate of drug-likeness (QED) is 0.801. The molecule has 0 radical (unpaired) electrons. The molecule has 2 amide bonds. The molecule has 2 aromatic rings. The van der Waals surface area contributed by atoms with Gasteiger partial charge in [-0.3, -0.25) is 0 Å². The van der Waals surface area contributed by atoms with Crippen molar-refractivity contribution in [2.45, 2.75) is 52.6 Å². The lowest BCUT2D eigenvalue weighted by Crippen LogP contribution is -2.41. The number of thiazole rings is 1. The van der Waals surface area contributed by atoms with Gasteiger partial charge in [-0.25, -0.2) is 9.78 Å². The SMILES string of the molecule is CC(C)CCC[C@@H](C)NC(=O)N(C)Cc1nc2ccccc2s1. The van der Waals surface area contributed by atoms with Crippen molar-refractivity contribution >= 4 is 27.6 Å². The summed E-state index contributed by atoms with van der Waals surface area (Å²) in [6.45, 7) is 7.08. The fraction of sp³-hybridized carbons (Fsp3) is 0.556. The van der Waals surface area contributed by atoms with Gasteiger partial charge in [0.15, 0.2) is 0 Å². The van der Waals surface area contributed by atoms with Gasteiger partial charge in [0, 0.05) is 13.1 Å². The van der Waals surface area contributed by atoms with E-state index < -0.39 is 0 Å². The summed E-state index contributed by atoms with van der Waals surface area (Å²) >= 11 is 1.65. The molecule has 0 spiro atoms. The lowest BCUT2D eigenvalue weighted by molar-refractivity contribution is 0.202. The number of urea groups is 1. The predicted molar refractivity (Wildman–Crippen MR) is 97.8 cm³/mol. The van der Waals surface area contributed by atoms with Crippen LogP contribution in [0.3, 0.4) is 0 Å². The standard InChI is InChI=1S/C18H27N3OS/c1-13(2)8-7-9-14(3)19-18(22)21(4)12-17-20-15-10-5-6-11-16(15)23-17/h5-6,10-11,13-14H,7-9,12H2,1-4H3,(H,19,22)/t14-/m1/s1. The van der Waals surface area contributed by atoms with E-state index in [1.807, 2.05) is 25.2 Å². The van der Waals surface area contributed by atoms with Crippen molar-refractivity contribution < 1.29 is 4.79 Å². The molecule has 0 aliphatic rings. The molecule has 0 unspecified atom stereocenters. The van der Waals surface area contributed by atoms with E-state index in [-0.39, 0.29) is 12.1 Å². The largest absolute Gasteiger partial charge is 0.336 e. The maximum absolute atomic E-state index is 12.3. The summed E-state index contributed by atoms with van der Waals surface area (Å²) in [7, 11) is 1.82. The number of fused-ring (bicyclic) bond motifs is 1. The summed E-state index contributed by atoms with van der Waals surface area (Å²) < 4.78 is 1.17. The second kappa shape index (κ2) is 8.29. The van der Waals surface area contributed by atoms with Gasteiger partial charge in [-0.15, -0.1) is 11.3 Å². The molecule has 1 atom stereocenters. The molecule has 0 aliphatic heterocycles. The number of nitrogens with one attached hydrogen (secondary N) is 1. The zero-order chi connectivity index (χ0) is 16.8. The van der Waals surface area contributed by atoms with Crippen LogP contribution in [0, 0.1) is 5.92 Å². The van der Waals surface area contributed by atoms with Crippen molar-refractivity contribution in [3.8, 4) is 0 Å². The fourth-order valence-electron chi connectivity index (χ4n) is 2.49. The average Bonchev–Trinajstić information content (AvgIpc) is 2.88. The van der Waals surface area contributed by atoms with Gasteiger partial charge < -0.3 is 10.2 Å². The third-order valence-electron chi connectivity index (χ3n) is 3.85. The molecule has 4 nitrogen and oxygen atoms in total. The van der Waals surface area contributed by atoms with Crippen molar-refractivity contribution in [2.75, 3.05) is 7.05 Å². The van der Waals surface area contributed by atoms with Crippen LogP contribution in [0.4, 0.5) is 4.79 Å². The van der Waals surface area contributed by atoms with Gasteiger partial charge >= 0.3 is 6.03 Å². The van der Waals surface area contributed by atoms with E-state index in [2.05, 4.69) is 37.1 Å². The van der Waals surface area contributed by atoms with Gasteiger partial charge in [0.1, 0.15) is 5.01 Å². The molecule has 1 aromatic carbocycles. The zero-order valence-corrected chi connectivity index (χ0v) is 15.3. The van der Waals surface area contributed by atoms with E-state index in [0.717, 1.165) is 29.3 Å². The molecule has 126 valence electrons. The number of carbonyl (C=O) groups is 1. The van der Waals surface area contributed by atoms with Crippen LogP contribution in [0.1, 0.15) is 45.0 Å². The van der Waals surface area contributed by atoms with Gasteiger partial charge in [0.25, 0.3) is 0 Å². The van der Waals surface area contributed by atoms with Crippen molar-refractivity contribution in [3.05, 3.63) is 29.3 Å². The third-order valence-corrected chi connectivity index (χ3v) is 4.87. The highest BCUT2D eigenvalue weighted by molar-refractivity contribution is 7.18. The maximum Gasteiger partial charge on any atom is 0.317 e. The molecular formula is C18H27N3OS. The van der Waals surface area contributed by atoms with E-state index in [4.69, 9.17) is 0 Å². The minimum Gasteiger partial charge on any atom is -0.336 e. The number of benzene rings is 1. The Morgan fingerprint density at radius 1 is 1.26 bits per heavy atom. The highest BCUT2D eigenvalue weighted by atomic mass is 32.1. The van der Waals surface area contributed by atoms with Crippen molar-refractivity contribution in [1.82, 2.24) is 15.2 Å². The third kappa shape index (κ3) is 5.50. The molecule has 5 heteroatoms. The highest BCUT2D eigenvalue weighted by Gasteiger charge is 2.14. The van der Waals surface area contributed by atoms with Gasteiger partial charge in [-0.05, 0) is 31.4 Å². The average molecular weight is 334 g/mol. The van der Waals surface area contributed by atoms with Crippen LogP contribution in [0.2, 0.25) is 0 Å². The lowest BCUT2D eigenvalue weighted by Gasteiger charge is -2.20. The minimum absolute atomic E-state index is 0.0266. The highest BCUT2D eigenvalue weighted by Crippen LogP contribution is 2.22. The number of hydrogen-bond donors (Lipinski definition) is 1. The van der Waals surface area contributed by atoms with E-state index in [9.17, 15) is 4.79 Å². The molecule has 1 heterocycles. The number of carbonyl (C=O) groups excluding carboxylic acids is 1. The summed E-state index contributed by atoms with van der Waals surface area (Å²) in [5.74, 6) is 0.722. The molecule has 0 fully saturated rings. The number of rotatable bonds is 7. The Balaban J connectivity index is 1.82. The second-order valence-electron chi connectivity index (χ2n) is 6.61. The molecule has 2 rings (SSSR count). The normalized spacial score (nSPS) is 12.6. The molecule has 1 aromatic heterocycles. The molecule has 0 aliphatic carbocycles. The van der Waals surface area contributed by atoms with Gasteiger partial charge in [-0.1, -0.05) is 38.8 Å². The van der Waals surface area contributed by atoms with E-state index in [1.54, 1.807) is 16.2 Å². The fourth-order valence-corrected chi connectivity index (χ4v) is 3.51. The first-order chi connectivity index (χ1) is 11.0. The Labute approximate surface area is 142 Å². The first-order valence-electron chi connectivity index (χ1n) is 8.31. The molecular weight excluding hydrogens is 306 g/mol. The minimum atomic E-state index is -0.0266. The van der Waals surface area contributed by atoms with Gasteiger partial charge in [0.05, 0.1) is 16.8 Å². The summed E-state index contributed by atoms with van der Waals surface area (Å²) in [6, 6.07) is 8.25. The van der Waals surface area contributed by atoms with Crippen molar-refractivity contribution in [2.24, 2.45) is 5.92 Å². The van der Waals surface area contributed by atoms with Crippen LogP contribution < -0.4 is 5.32 Å². The number of para-hydroxylation sites is 1. The topological polar surface area (TPSA) is 45.2 Å². The summed E-state index contributed by atoms with van der Waals surface area (Å²) in [4.78, 5) is 18.5. The Morgan fingerprint density at radius 3 is 2.70 bits per heavy atom. The van der Waals surface area contributed by atoms with Crippen LogP contribution >= 0.6 is 11.3 Å². The Bertz CT molecular complexity index is 605. The van der Waals surface area contributed by atoms with Crippen LogP contribution in [-0.4, -0.2) is 29.0 Å². The number of aromatic nitrogens is 1. The Morgan fingerprint density at radius 2 is 2.00 bits per heavy atom. The Kier molecular flexibility index (Phi) is 6.39. The van der Waals surface area contributed by atoms with Gasteiger partial charge in [-0.2, -0.15) is 0 Å². The van der Waals surface area contributed by atoms with Crippen LogP contribution in [0.15, 0.2) is 24.3 Å². The second-order valence-corrected chi connectivity index (χ2v) is 7.72. The predicted octanol–water partition coefficient (Wildman–Crippen LogP) is 4.65. The van der Waals surface area contributed by atoms with E-state index in [0.29, 0.717) is 6.54 Å². The lowest BCUT2D eigenvalue weighted by atomic mass is 10.0. The monoisotopic (exact) mass is 333 g/mol. The smallest absolute Gasteiger partial charge is 0.317 e. The van der Waals surface area contributed by atoms with Crippen LogP contribution in [0.25, 0.3) is 10.2 Å². The summed E-state index contributed by atoms with van der Waals surface area (Å²) in [5, 5.41) is 4.04. The molecule has 0 saturated carbocycles. The Hall–Kier alpha value is -1.62. The zero-order valence-electron chi connectivity index (χ0n) is 14.5. The molecule has 0 bridgehead atoms. The van der Waals surface area contributed by atoms with E-state index in [1.165, 1.54) is 11.1 Å². The van der Waals surface area contributed by atoms with Crippen molar-refractivity contribution in [1.29, 1.82) is 0 Å². The maximum atomic E-state index is 12.3. The number of nitrogens with zero attached hydrogens (tertiary/aromatic N) is 2. The first-order valence-corrected chi connectivity index (χ1v) is 9.13.